The first-order valence-corrected chi connectivity index (χ1v) is 4.46. The second-order valence-electron chi connectivity index (χ2n) is 2.16. The lowest BCUT2D eigenvalue weighted by molar-refractivity contribution is 1.10. The van der Waals surface area contributed by atoms with Gasteiger partial charge in [0.2, 0.25) is 0 Å². The van der Waals surface area contributed by atoms with Crippen molar-refractivity contribution in [3.8, 4) is 0 Å². The number of hydrogen-bond acceptors (Lipinski definition) is 3. The number of aromatic nitrogens is 3. The molecule has 0 aliphatic rings. The number of nitrogens with zero attached hydrogens (tertiary/aromatic N) is 3. The molecular formula is C7H7N3S. The van der Waals surface area contributed by atoms with E-state index < -0.39 is 0 Å². The summed E-state index contributed by atoms with van der Waals surface area (Å²) in [6.45, 7) is 0. The van der Waals surface area contributed by atoms with Crippen LogP contribution in [-0.2, 0) is 0 Å². The zero-order valence-electron chi connectivity index (χ0n) is 6.06. The number of pyridine rings is 1. The first-order valence-electron chi connectivity index (χ1n) is 3.23. The molecule has 0 bridgehead atoms. The molecule has 0 radical (unpaired) electrons. The molecular weight excluding hydrogens is 158 g/mol. The maximum Gasteiger partial charge on any atom is 0.161 e. The van der Waals surface area contributed by atoms with Crippen molar-refractivity contribution >= 4 is 17.4 Å². The third kappa shape index (κ3) is 1.09. The lowest BCUT2D eigenvalue weighted by atomic mass is 10.5. The number of rotatable bonds is 1. The predicted octanol–water partition coefficient (Wildman–Crippen LogP) is 1.45. The van der Waals surface area contributed by atoms with Crippen molar-refractivity contribution in [1.82, 2.24) is 14.6 Å². The monoisotopic (exact) mass is 165 g/mol. The van der Waals surface area contributed by atoms with Crippen LogP contribution in [0, 0.1) is 0 Å². The Hall–Kier alpha value is -1.03. The smallest absolute Gasteiger partial charge is 0.161 e. The third-order valence-corrected chi connectivity index (χ3v) is 2.23. The van der Waals surface area contributed by atoms with Gasteiger partial charge in [0.05, 0.1) is 0 Å². The van der Waals surface area contributed by atoms with Crippen LogP contribution < -0.4 is 0 Å². The van der Waals surface area contributed by atoms with Gasteiger partial charge in [-0.15, -0.1) is 22.0 Å². The molecule has 0 atom stereocenters. The van der Waals surface area contributed by atoms with E-state index in [1.165, 1.54) is 4.90 Å². The van der Waals surface area contributed by atoms with E-state index in [0.717, 1.165) is 5.65 Å². The first kappa shape index (κ1) is 6.67. The second kappa shape index (κ2) is 2.54. The van der Waals surface area contributed by atoms with Crippen molar-refractivity contribution in [1.29, 1.82) is 0 Å². The molecule has 0 N–H and O–H groups in total. The summed E-state index contributed by atoms with van der Waals surface area (Å²) in [6.07, 6.45) is 5.70. The molecule has 0 aliphatic heterocycles. The van der Waals surface area contributed by atoms with E-state index in [4.69, 9.17) is 0 Å². The highest BCUT2D eigenvalue weighted by molar-refractivity contribution is 7.98. The second-order valence-corrected chi connectivity index (χ2v) is 3.04. The summed E-state index contributed by atoms with van der Waals surface area (Å²) in [4.78, 5) is 1.21. The predicted molar refractivity (Wildman–Crippen MR) is 44.8 cm³/mol. The molecule has 4 heteroatoms. The Morgan fingerprint density at radius 1 is 1.55 bits per heavy atom. The summed E-state index contributed by atoms with van der Waals surface area (Å²) in [5.41, 5.74) is 0.900. The van der Waals surface area contributed by atoms with Gasteiger partial charge in [0, 0.05) is 11.1 Å². The molecule has 0 saturated carbocycles. The minimum absolute atomic E-state index is 0.900. The van der Waals surface area contributed by atoms with Crippen molar-refractivity contribution in [3.05, 3.63) is 24.7 Å². The molecule has 3 nitrogen and oxygen atoms in total. The van der Waals surface area contributed by atoms with Crippen molar-refractivity contribution in [2.45, 2.75) is 4.90 Å². The summed E-state index contributed by atoms with van der Waals surface area (Å²) in [6, 6.07) is 4.05. The zero-order valence-corrected chi connectivity index (χ0v) is 6.88. The fraction of sp³-hybridized carbons (Fsp3) is 0.143. The minimum Gasteiger partial charge on any atom is -0.289 e. The third-order valence-electron chi connectivity index (χ3n) is 1.51. The van der Waals surface area contributed by atoms with Gasteiger partial charge in [0.15, 0.2) is 5.65 Å². The molecule has 0 fully saturated rings. The van der Waals surface area contributed by atoms with Gasteiger partial charge in [-0.25, -0.2) is 0 Å². The van der Waals surface area contributed by atoms with E-state index in [1.807, 2.05) is 29.0 Å². The highest BCUT2D eigenvalue weighted by Crippen LogP contribution is 2.14. The van der Waals surface area contributed by atoms with Crippen LogP contribution in [0.1, 0.15) is 0 Å². The van der Waals surface area contributed by atoms with Crippen molar-refractivity contribution in [3.63, 3.8) is 0 Å². The van der Waals surface area contributed by atoms with Crippen LogP contribution >= 0.6 is 11.8 Å². The van der Waals surface area contributed by atoms with E-state index in [9.17, 15) is 0 Å². The SMILES string of the molecule is CSc1ccn2cnnc2c1. The average molecular weight is 165 g/mol. The van der Waals surface area contributed by atoms with Gasteiger partial charge in [0.25, 0.3) is 0 Å². The lowest BCUT2D eigenvalue weighted by Crippen LogP contribution is -1.81. The number of fused-ring (bicyclic) bond motifs is 1. The molecule has 0 spiro atoms. The minimum atomic E-state index is 0.900. The Balaban J connectivity index is 2.67. The molecule has 56 valence electrons. The van der Waals surface area contributed by atoms with Crippen LogP contribution in [0.2, 0.25) is 0 Å². The van der Waals surface area contributed by atoms with Crippen molar-refractivity contribution in [2.24, 2.45) is 0 Å². The van der Waals surface area contributed by atoms with Gasteiger partial charge >= 0.3 is 0 Å². The summed E-state index contributed by atoms with van der Waals surface area (Å²) in [5.74, 6) is 0. The largest absolute Gasteiger partial charge is 0.289 e. The first-order chi connectivity index (χ1) is 5.40. The average Bonchev–Trinajstić information content (AvgIpc) is 2.50. The van der Waals surface area contributed by atoms with E-state index in [2.05, 4.69) is 10.2 Å². The van der Waals surface area contributed by atoms with E-state index in [0.29, 0.717) is 0 Å². The van der Waals surface area contributed by atoms with Crippen LogP contribution in [0.4, 0.5) is 0 Å². The van der Waals surface area contributed by atoms with Crippen LogP contribution in [-0.4, -0.2) is 20.9 Å². The Kier molecular flexibility index (Phi) is 1.54. The quantitative estimate of drug-likeness (QED) is 0.599. The number of hydrogen-bond donors (Lipinski definition) is 0. The molecule has 0 aliphatic carbocycles. The van der Waals surface area contributed by atoms with Crippen LogP contribution in [0.15, 0.2) is 29.6 Å². The molecule has 11 heavy (non-hydrogen) atoms. The van der Waals surface area contributed by atoms with Gasteiger partial charge in [-0.05, 0) is 18.4 Å². The summed E-state index contributed by atoms with van der Waals surface area (Å²) in [7, 11) is 0. The molecule has 0 amide bonds. The molecule has 2 rings (SSSR count). The highest BCUT2D eigenvalue weighted by Gasteiger charge is 1.94. The van der Waals surface area contributed by atoms with E-state index in [-0.39, 0.29) is 0 Å². The molecule has 2 aromatic heterocycles. The Bertz CT molecular complexity index is 368. The Morgan fingerprint density at radius 3 is 3.27 bits per heavy atom. The molecule has 0 unspecified atom stereocenters. The molecule has 2 heterocycles. The topological polar surface area (TPSA) is 30.2 Å². The highest BCUT2D eigenvalue weighted by atomic mass is 32.2. The van der Waals surface area contributed by atoms with Gasteiger partial charge in [0.1, 0.15) is 6.33 Å². The summed E-state index contributed by atoms with van der Waals surface area (Å²) < 4.78 is 1.89. The van der Waals surface area contributed by atoms with Gasteiger partial charge in [-0.1, -0.05) is 0 Å². The summed E-state index contributed by atoms with van der Waals surface area (Å²) in [5, 5.41) is 7.71. The number of thioether (sulfide) groups is 1. The van der Waals surface area contributed by atoms with Crippen molar-refractivity contribution in [2.75, 3.05) is 6.26 Å². The van der Waals surface area contributed by atoms with E-state index >= 15 is 0 Å². The van der Waals surface area contributed by atoms with Crippen LogP contribution in [0.5, 0.6) is 0 Å². The lowest BCUT2D eigenvalue weighted by Gasteiger charge is -1.94. The normalized spacial score (nSPS) is 10.6. The molecule has 0 saturated heterocycles. The molecule has 2 aromatic rings. The van der Waals surface area contributed by atoms with Gasteiger partial charge < -0.3 is 0 Å². The maximum absolute atomic E-state index is 3.93. The molecule has 0 aromatic carbocycles. The van der Waals surface area contributed by atoms with Crippen molar-refractivity contribution < 1.29 is 0 Å². The van der Waals surface area contributed by atoms with E-state index in [1.54, 1.807) is 18.1 Å². The standard InChI is InChI=1S/C7H7N3S/c1-11-6-2-3-10-5-8-9-7(10)4-6/h2-5H,1H3. The Labute approximate surface area is 68.4 Å². The van der Waals surface area contributed by atoms with Crippen LogP contribution in [0.3, 0.4) is 0 Å². The van der Waals surface area contributed by atoms with Gasteiger partial charge in [-0.2, -0.15) is 0 Å². The Morgan fingerprint density at radius 2 is 2.45 bits per heavy atom. The maximum atomic E-state index is 3.93. The van der Waals surface area contributed by atoms with Crippen LogP contribution in [0.25, 0.3) is 5.65 Å². The summed E-state index contributed by atoms with van der Waals surface area (Å²) >= 11 is 1.71. The fourth-order valence-corrected chi connectivity index (χ4v) is 1.35. The zero-order chi connectivity index (χ0) is 7.68. The fourth-order valence-electron chi connectivity index (χ4n) is 0.926. The van der Waals surface area contributed by atoms with Gasteiger partial charge in [-0.3, -0.25) is 4.40 Å².